The Labute approximate surface area is 177 Å². The predicted octanol–water partition coefficient (Wildman–Crippen LogP) is 1.05. The van der Waals surface area contributed by atoms with Crippen molar-refractivity contribution in [3.05, 3.63) is 59.7 Å². The number of amides is 1. The van der Waals surface area contributed by atoms with Gasteiger partial charge in [0, 0.05) is 18.7 Å². The molecule has 5 N–H and O–H groups in total. The lowest BCUT2D eigenvalue weighted by Crippen LogP contribution is -2.31. The van der Waals surface area contributed by atoms with Gasteiger partial charge in [-0.1, -0.05) is 19.1 Å². The smallest absolute Gasteiger partial charge is 0.251 e. The molecule has 0 aliphatic rings. The van der Waals surface area contributed by atoms with Crippen LogP contribution in [-0.4, -0.2) is 51.8 Å². The molecule has 0 radical (unpaired) electrons. The van der Waals surface area contributed by atoms with Gasteiger partial charge in [0.2, 0.25) is 10.0 Å². The molecule has 0 spiro atoms. The van der Waals surface area contributed by atoms with E-state index < -0.39 is 16.1 Å². The molecular weight excluding hydrogens is 406 g/mol. The zero-order valence-corrected chi connectivity index (χ0v) is 17.8. The minimum Gasteiger partial charge on any atom is -0.491 e. The van der Waals surface area contributed by atoms with E-state index >= 15 is 0 Å². The van der Waals surface area contributed by atoms with Crippen molar-refractivity contribution in [1.82, 2.24) is 10.6 Å². The van der Waals surface area contributed by atoms with Crippen molar-refractivity contribution in [3.63, 3.8) is 0 Å². The highest BCUT2D eigenvalue weighted by molar-refractivity contribution is 7.89. The Bertz CT molecular complexity index is 899. The summed E-state index contributed by atoms with van der Waals surface area (Å²) in [4.78, 5) is 12.3. The van der Waals surface area contributed by atoms with Gasteiger partial charge < -0.3 is 20.5 Å². The lowest BCUT2D eigenvalue weighted by Gasteiger charge is -2.13. The van der Waals surface area contributed by atoms with E-state index in [0.29, 0.717) is 30.8 Å². The fourth-order valence-corrected chi connectivity index (χ4v) is 3.18. The average molecular weight is 436 g/mol. The van der Waals surface area contributed by atoms with Crippen LogP contribution in [-0.2, 0) is 16.4 Å². The molecule has 0 heterocycles. The van der Waals surface area contributed by atoms with Crippen LogP contribution in [0.3, 0.4) is 0 Å². The van der Waals surface area contributed by atoms with E-state index in [9.17, 15) is 18.3 Å². The Kier molecular flexibility index (Phi) is 9.25. The van der Waals surface area contributed by atoms with E-state index in [-0.39, 0.29) is 17.4 Å². The normalized spacial score (nSPS) is 12.4. The molecule has 2 aromatic rings. The maximum atomic E-state index is 12.2. The minimum absolute atomic E-state index is 0.0577. The van der Waals surface area contributed by atoms with Crippen molar-refractivity contribution in [2.24, 2.45) is 5.14 Å². The molecule has 9 heteroatoms. The minimum atomic E-state index is -3.70. The molecule has 1 unspecified atom stereocenters. The van der Waals surface area contributed by atoms with Gasteiger partial charge in [-0.25, -0.2) is 13.6 Å². The van der Waals surface area contributed by atoms with E-state index in [2.05, 4.69) is 17.6 Å². The highest BCUT2D eigenvalue weighted by Gasteiger charge is 2.09. The zero-order valence-electron chi connectivity index (χ0n) is 17.0. The number of sulfonamides is 1. The summed E-state index contributed by atoms with van der Waals surface area (Å²) in [5, 5.41) is 20.8. The van der Waals surface area contributed by atoms with Gasteiger partial charge in [-0.3, -0.25) is 4.79 Å². The summed E-state index contributed by atoms with van der Waals surface area (Å²) in [5.74, 6) is 0.363. The Morgan fingerprint density at radius 3 is 2.37 bits per heavy atom. The number of ether oxygens (including phenoxy) is 1. The molecule has 0 saturated heterocycles. The number of aliphatic hydroxyl groups excluding tert-OH is 1. The summed E-state index contributed by atoms with van der Waals surface area (Å²) >= 11 is 0. The van der Waals surface area contributed by atoms with Gasteiger partial charge in [-0.2, -0.15) is 0 Å². The van der Waals surface area contributed by atoms with Crippen molar-refractivity contribution >= 4 is 15.9 Å². The van der Waals surface area contributed by atoms with Crippen molar-refractivity contribution in [3.8, 4) is 5.75 Å². The average Bonchev–Trinajstić information content (AvgIpc) is 2.72. The summed E-state index contributed by atoms with van der Waals surface area (Å²) in [5.41, 5.74) is 1.38. The molecule has 30 heavy (non-hydrogen) atoms. The molecule has 2 rings (SSSR count). The predicted molar refractivity (Wildman–Crippen MR) is 115 cm³/mol. The number of rotatable bonds is 12. The van der Waals surface area contributed by atoms with Crippen molar-refractivity contribution in [2.45, 2.75) is 30.8 Å². The zero-order chi connectivity index (χ0) is 22.0. The van der Waals surface area contributed by atoms with Crippen LogP contribution in [0.2, 0.25) is 0 Å². The van der Waals surface area contributed by atoms with E-state index in [1.165, 1.54) is 12.1 Å². The third kappa shape index (κ3) is 8.11. The monoisotopic (exact) mass is 435 g/mol. The molecule has 2 aromatic carbocycles. The number of nitrogens with one attached hydrogen (secondary N) is 2. The lowest BCUT2D eigenvalue weighted by molar-refractivity contribution is 0.0953. The molecule has 1 amide bonds. The van der Waals surface area contributed by atoms with Crippen molar-refractivity contribution < 1.29 is 23.1 Å². The molecule has 0 bridgehead atoms. The molecule has 0 aliphatic heterocycles. The van der Waals surface area contributed by atoms with Crippen LogP contribution < -0.4 is 20.5 Å². The summed E-state index contributed by atoms with van der Waals surface area (Å²) in [6.45, 7) is 3.96. The molecule has 164 valence electrons. The van der Waals surface area contributed by atoms with Gasteiger partial charge in [0.1, 0.15) is 18.5 Å². The first-order valence-corrected chi connectivity index (χ1v) is 11.4. The second-order valence-corrected chi connectivity index (χ2v) is 8.45. The van der Waals surface area contributed by atoms with Crippen molar-refractivity contribution in [2.75, 3.05) is 26.2 Å². The third-order valence-electron chi connectivity index (χ3n) is 4.32. The molecule has 0 saturated carbocycles. The third-order valence-corrected chi connectivity index (χ3v) is 5.25. The number of carbonyl (C=O) groups is 1. The fourth-order valence-electron chi connectivity index (χ4n) is 2.67. The Balaban J connectivity index is 1.75. The number of hydrogen-bond acceptors (Lipinski definition) is 6. The first kappa shape index (κ1) is 23.8. The highest BCUT2D eigenvalue weighted by Crippen LogP contribution is 2.13. The van der Waals surface area contributed by atoms with Gasteiger partial charge in [-0.05, 0) is 61.3 Å². The van der Waals surface area contributed by atoms with Crippen LogP contribution >= 0.6 is 0 Å². The number of benzene rings is 2. The molecule has 0 aromatic heterocycles. The summed E-state index contributed by atoms with van der Waals surface area (Å²) < 4.78 is 28.0. The summed E-state index contributed by atoms with van der Waals surface area (Å²) in [6.07, 6.45) is 0.961. The number of aliphatic hydroxyl groups is 1. The SMILES string of the molecule is CCCNCC(O)COc1ccc(C(=O)NCCc2ccc(S(N)(=O)=O)cc2)cc1. The van der Waals surface area contributed by atoms with Crippen LogP contribution in [0.5, 0.6) is 5.75 Å². The van der Waals surface area contributed by atoms with Crippen LogP contribution in [0.25, 0.3) is 0 Å². The lowest BCUT2D eigenvalue weighted by atomic mass is 10.1. The number of nitrogens with two attached hydrogens (primary N) is 1. The maximum absolute atomic E-state index is 12.2. The largest absolute Gasteiger partial charge is 0.491 e. The van der Waals surface area contributed by atoms with Gasteiger partial charge in [0.05, 0.1) is 4.90 Å². The first-order valence-electron chi connectivity index (χ1n) is 9.81. The van der Waals surface area contributed by atoms with Crippen LogP contribution in [0.4, 0.5) is 0 Å². The van der Waals surface area contributed by atoms with E-state index in [4.69, 9.17) is 9.88 Å². The molecule has 0 aliphatic carbocycles. The van der Waals surface area contributed by atoms with E-state index in [1.807, 2.05) is 0 Å². The fraction of sp³-hybridized carbons (Fsp3) is 0.381. The molecular formula is C21H29N3O5S. The van der Waals surface area contributed by atoms with E-state index in [0.717, 1.165) is 18.5 Å². The second kappa shape index (κ2) is 11.7. The van der Waals surface area contributed by atoms with Gasteiger partial charge in [-0.15, -0.1) is 0 Å². The second-order valence-electron chi connectivity index (χ2n) is 6.89. The number of primary sulfonamides is 1. The van der Waals surface area contributed by atoms with Crippen LogP contribution in [0, 0.1) is 0 Å². The quantitative estimate of drug-likeness (QED) is 0.369. The van der Waals surface area contributed by atoms with Crippen LogP contribution in [0.1, 0.15) is 29.3 Å². The van der Waals surface area contributed by atoms with Gasteiger partial charge in [0.15, 0.2) is 0 Å². The number of carbonyl (C=O) groups excluding carboxylic acids is 1. The molecule has 1 atom stereocenters. The summed E-state index contributed by atoms with van der Waals surface area (Å²) in [7, 11) is -3.70. The van der Waals surface area contributed by atoms with Crippen molar-refractivity contribution in [1.29, 1.82) is 0 Å². The Hall–Kier alpha value is -2.46. The van der Waals surface area contributed by atoms with E-state index in [1.54, 1.807) is 36.4 Å². The Morgan fingerprint density at radius 1 is 1.10 bits per heavy atom. The maximum Gasteiger partial charge on any atom is 0.251 e. The molecule has 8 nitrogen and oxygen atoms in total. The Morgan fingerprint density at radius 2 is 1.77 bits per heavy atom. The summed E-state index contributed by atoms with van der Waals surface area (Å²) in [6, 6.07) is 12.9. The van der Waals surface area contributed by atoms with Gasteiger partial charge in [0.25, 0.3) is 5.91 Å². The topological polar surface area (TPSA) is 131 Å². The number of hydrogen-bond donors (Lipinski definition) is 4. The van der Waals surface area contributed by atoms with Gasteiger partial charge >= 0.3 is 0 Å². The molecule has 0 fully saturated rings. The highest BCUT2D eigenvalue weighted by atomic mass is 32.2. The first-order chi connectivity index (χ1) is 14.3. The standard InChI is InChI=1S/C21H29N3O5S/c1-2-12-23-14-18(25)15-29-19-7-5-17(6-8-19)21(26)24-13-11-16-3-9-20(10-4-16)30(22,27)28/h3-10,18,23,25H,2,11-15H2,1H3,(H,24,26)(H2,22,27,28). The van der Waals surface area contributed by atoms with Crippen LogP contribution in [0.15, 0.2) is 53.4 Å².